The van der Waals surface area contributed by atoms with Crippen molar-refractivity contribution in [3.8, 4) is 0 Å². The van der Waals surface area contributed by atoms with Crippen LogP contribution in [0.1, 0.15) is 32.6 Å². The fourth-order valence-electron chi connectivity index (χ4n) is 2.71. The number of imide groups is 1. The number of hydrogen-bond donors (Lipinski definition) is 2. The molecule has 2 aliphatic rings. The number of carbonyl (C=O) groups is 3. The molecule has 112 valence electrons. The summed E-state index contributed by atoms with van der Waals surface area (Å²) in [4.78, 5) is 35.8. The Morgan fingerprint density at radius 1 is 1.40 bits per heavy atom. The Bertz CT molecular complexity index is 416. The molecule has 4 amide bonds. The van der Waals surface area contributed by atoms with Crippen molar-refractivity contribution < 1.29 is 14.4 Å². The van der Waals surface area contributed by atoms with Gasteiger partial charge in [-0.2, -0.15) is 0 Å². The van der Waals surface area contributed by atoms with Crippen molar-refractivity contribution in [3.63, 3.8) is 0 Å². The van der Waals surface area contributed by atoms with E-state index < -0.39 is 10.9 Å². The van der Waals surface area contributed by atoms with Crippen molar-refractivity contribution in [1.82, 2.24) is 15.5 Å². The molecule has 0 aromatic carbocycles. The van der Waals surface area contributed by atoms with E-state index in [1.807, 2.05) is 0 Å². The second-order valence-corrected chi connectivity index (χ2v) is 6.68. The molecular formula is C13H20BrN3O3. The van der Waals surface area contributed by atoms with Gasteiger partial charge < -0.3 is 10.2 Å². The molecule has 1 aliphatic carbocycles. The van der Waals surface area contributed by atoms with Crippen LogP contribution in [0.25, 0.3) is 0 Å². The number of alkyl halides is 1. The third-order valence-electron chi connectivity index (χ3n) is 3.97. The highest BCUT2D eigenvalue weighted by atomic mass is 79.9. The summed E-state index contributed by atoms with van der Waals surface area (Å²) in [5.74, 6) is -0.0334. The molecule has 0 spiro atoms. The Labute approximate surface area is 126 Å². The monoisotopic (exact) mass is 345 g/mol. The molecule has 1 heterocycles. The van der Waals surface area contributed by atoms with Gasteiger partial charge in [-0.3, -0.25) is 14.9 Å². The lowest BCUT2D eigenvalue weighted by atomic mass is 9.86. The molecule has 1 saturated carbocycles. The third kappa shape index (κ3) is 3.71. The van der Waals surface area contributed by atoms with Gasteiger partial charge in [0.15, 0.2) is 0 Å². The number of amides is 4. The maximum Gasteiger partial charge on any atom is 0.324 e. The van der Waals surface area contributed by atoms with Crippen molar-refractivity contribution in [1.29, 1.82) is 0 Å². The lowest BCUT2D eigenvalue weighted by molar-refractivity contribution is -0.125. The van der Waals surface area contributed by atoms with Gasteiger partial charge in [0, 0.05) is 12.6 Å². The summed E-state index contributed by atoms with van der Waals surface area (Å²) in [5, 5.41) is 5.22. The van der Waals surface area contributed by atoms with E-state index in [2.05, 4.69) is 33.5 Å². The van der Waals surface area contributed by atoms with Gasteiger partial charge in [-0.25, -0.2) is 4.79 Å². The van der Waals surface area contributed by atoms with Gasteiger partial charge in [-0.05, 0) is 18.8 Å². The SMILES string of the molecule is CC1CCCCC1NC(=O)CN1CC(Br)C(=O)NC1=O. The van der Waals surface area contributed by atoms with Crippen LogP contribution in [0.4, 0.5) is 4.79 Å². The third-order valence-corrected chi connectivity index (χ3v) is 4.68. The van der Waals surface area contributed by atoms with E-state index in [0.717, 1.165) is 19.3 Å². The van der Waals surface area contributed by atoms with Crippen LogP contribution in [0.3, 0.4) is 0 Å². The molecule has 7 heteroatoms. The highest BCUT2D eigenvalue weighted by Gasteiger charge is 2.32. The highest BCUT2D eigenvalue weighted by molar-refractivity contribution is 9.10. The van der Waals surface area contributed by atoms with E-state index in [0.29, 0.717) is 5.92 Å². The molecule has 3 unspecified atom stereocenters. The van der Waals surface area contributed by atoms with Crippen LogP contribution in [-0.2, 0) is 9.59 Å². The van der Waals surface area contributed by atoms with E-state index in [-0.39, 0.29) is 30.9 Å². The molecule has 1 saturated heterocycles. The zero-order valence-electron chi connectivity index (χ0n) is 11.5. The first-order chi connectivity index (χ1) is 9.47. The van der Waals surface area contributed by atoms with Crippen LogP contribution in [-0.4, -0.2) is 46.7 Å². The molecule has 0 aromatic heterocycles. The van der Waals surface area contributed by atoms with Gasteiger partial charge in [0.1, 0.15) is 11.4 Å². The Morgan fingerprint density at radius 3 is 2.80 bits per heavy atom. The normalized spacial score (nSPS) is 30.9. The number of halogens is 1. The van der Waals surface area contributed by atoms with E-state index in [4.69, 9.17) is 0 Å². The molecule has 2 fully saturated rings. The first-order valence-corrected chi connectivity index (χ1v) is 7.92. The smallest absolute Gasteiger partial charge is 0.324 e. The Balaban J connectivity index is 1.84. The van der Waals surface area contributed by atoms with Gasteiger partial charge in [0.25, 0.3) is 0 Å². The summed E-state index contributed by atoms with van der Waals surface area (Å²) >= 11 is 3.18. The van der Waals surface area contributed by atoms with Crippen LogP contribution in [0.15, 0.2) is 0 Å². The van der Waals surface area contributed by atoms with Crippen LogP contribution >= 0.6 is 15.9 Å². The summed E-state index contributed by atoms with van der Waals surface area (Å²) in [6.07, 6.45) is 4.48. The minimum atomic E-state index is -0.502. The predicted octanol–water partition coefficient (Wildman–Crippen LogP) is 0.997. The summed E-state index contributed by atoms with van der Waals surface area (Å²) in [6.45, 7) is 2.35. The van der Waals surface area contributed by atoms with Crippen molar-refractivity contribution in [2.45, 2.75) is 43.5 Å². The summed E-state index contributed by atoms with van der Waals surface area (Å²) in [6, 6.07) is -0.303. The van der Waals surface area contributed by atoms with Crippen LogP contribution < -0.4 is 10.6 Å². The Morgan fingerprint density at radius 2 is 2.10 bits per heavy atom. The molecule has 20 heavy (non-hydrogen) atoms. The number of rotatable bonds is 3. The Hall–Kier alpha value is -1.11. The van der Waals surface area contributed by atoms with Gasteiger partial charge in [0.2, 0.25) is 11.8 Å². The number of hydrogen-bond acceptors (Lipinski definition) is 3. The first-order valence-electron chi connectivity index (χ1n) is 7.00. The topological polar surface area (TPSA) is 78.5 Å². The van der Waals surface area contributed by atoms with Gasteiger partial charge in [-0.15, -0.1) is 0 Å². The molecule has 6 nitrogen and oxygen atoms in total. The number of urea groups is 1. The second-order valence-electron chi connectivity index (χ2n) is 5.58. The van der Waals surface area contributed by atoms with Crippen LogP contribution in [0.2, 0.25) is 0 Å². The van der Waals surface area contributed by atoms with E-state index in [9.17, 15) is 14.4 Å². The highest BCUT2D eigenvalue weighted by Crippen LogP contribution is 2.23. The molecule has 2 rings (SSSR count). The second kappa shape index (κ2) is 6.56. The maximum absolute atomic E-state index is 12.0. The van der Waals surface area contributed by atoms with Gasteiger partial charge in [0.05, 0.1) is 0 Å². The lowest BCUT2D eigenvalue weighted by Gasteiger charge is -2.32. The van der Waals surface area contributed by atoms with Crippen LogP contribution in [0.5, 0.6) is 0 Å². The maximum atomic E-state index is 12.0. The van der Waals surface area contributed by atoms with Crippen molar-refractivity contribution in [2.75, 3.05) is 13.1 Å². The molecule has 2 N–H and O–H groups in total. The van der Waals surface area contributed by atoms with E-state index >= 15 is 0 Å². The largest absolute Gasteiger partial charge is 0.352 e. The summed E-state index contributed by atoms with van der Waals surface area (Å²) < 4.78 is 0. The van der Waals surface area contributed by atoms with Crippen molar-refractivity contribution in [2.24, 2.45) is 5.92 Å². The van der Waals surface area contributed by atoms with Crippen molar-refractivity contribution in [3.05, 3.63) is 0 Å². The number of nitrogens with zero attached hydrogens (tertiary/aromatic N) is 1. The predicted molar refractivity (Wildman–Crippen MR) is 77.4 cm³/mol. The summed E-state index contributed by atoms with van der Waals surface area (Å²) in [7, 11) is 0. The molecule has 1 aliphatic heterocycles. The quantitative estimate of drug-likeness (QED) is 0.749. The molecule has 0 radical (unpaired) electrons. The first kappa shape index (κ1) is 15.3. The van der Waals surface area contributed by atoms with E-state index in [1.54, 1.807) is 0 Å². The standard InChI is InChI=1S/C13H20BrN3O3/c1-8-4-2-3-5-10(8)15-11(18)7-17-6-9(14)12(19)16-13(17)20/h8-10H,2-7H2,1H3,(H,15,18)(H,16,19,20). The van der Waals surface area contributed by atoms with Crippen molar-refractivity contribution >= 4 is 33.8 Å². The average Bonchev–Trinajstić information content (AvgIpc) is 2.39. The average molecular weight is 346 g/mol. The minimum Gasteiger partial charge on any atom is -0.352 e. The molecule has 3 atom stereocenters. The van der Waals surface area contributed by atoms with E-state index in [1.165, 1.54) is 11.3 Å². The Kier molecular flexibility index (Phi) is 5.01. The number of carbonyl (C=O) groups excluding carboxylic acids is 3. The zero-order valence-corrected chi connectivity index (χ0v) is 13.1. The minimum absolute atomic E-state index is 0.00949. The fraction of sp³-hybridized carbons (Fsp3) is 0.769. The van der Waals surface area contributed by atoms with Gasteiger partial charge >= 0.3 is 6.03 Å². The molecule has 0 bridgehead atoms. The van der Waals surface area contributed by atoms with Crippen LogP contribution in [0, 0.1) is 5.92 Å². The molecule has 0 aromatic rings. The molecular weight excluding hydrogens is 326 g/mol. The summed E-state index contributed by atoms with van der Waals surface area (Å²) in [5.41, 5.74) is 0. The zero-order chi connectivity index (χ0) is 14.7. The lowest BCUT2D eigenvalue weighted by Crippen LogP contribution is -2.57. The number of nitrogens with one attached hydrogen (secondary N) is 2. The fourth-order valence-corrected chi connectivity index (χ4v) is 3.18. The van der Waals surface area contributed by atoms with Gasteiger partial charge in [-0.1, -0.05) is 35.7 Å².